The molecule has 0 bridgehead atoms. The van der Waals surface area contributed by atoms with E-state index in [4.69, 9.17) is 0 Å². The number of urea groups is 1. The van der Waals surface area contributed by atoms with Crippen molar-refractivity contribution in [1.29, 1.82) is 0 Å². The highest BCUT2D eigenvalue weighted by Gasteiger charge is 2.46. The second-order valence-corrected chi connectivity index (χ2v) is 7.39. The van der Waals surface area contributed by atoms with Gasteiger partial charge in [0.25, 0.3) is 0 Å². The van der Waals surface area contributed by atoms with Crippen LogP contribution in [0.3, 0.4) is 0 Å². The van der Waals surface area contributed by atoms with Gasteiger partial charge in [0, 0.05) is 30.2 Å². The van der Waals surface area contributed by atoms with Gasteiger partial charge in [0.05, 0.1) is 0 Å². The number of hydrogen-bond acceptors (Lipinski definition) is 3. The molecular formula is C19H25N5O. The number of fused-ring (bicyclic) bond motifs is 2. The third-order valence-electron chi connectivity index (χ3n) is 5.66. The summed E-state index contributed by atoms with van der Waals surface area (Å²) in [7, 11) is 0. The average Bonchev–Trinajstić information content (AvgIpc) is 3.35. The summed E-state index contributed by atoms with van der Waals surface area (Å²) in [6, 6.07) is 8.53. The summed E-state index contributed by atoms with van der Waals surface area (Å²) in [5, 5.41) is 7.26. The fraction of sp³-hybridized carbons (Fsp3) is 0.526. The number of hydrogen-bond donors (Lipinski definition) is 1. The van der Waals surface area contributed by atoms with Crippen molar-refractivity contribution in [3.63, 3.8) is 0 Å². The molecule has 1 fully saturated rings. The van der Waals surface area contributed by atoms with Gasteiger partial charge in [0.2, 0.25) is 0 Å². The molecule has 2 heterocycles. The van der Waals surface area contributed by atoms with Crippen molar-refractivity contribution >= 4 is 11.7 Å². The summed E-state index contributed by atoms with van der Waals surface area (Å²) < 4.78 is 1.79. The molecule has 2 aliphatic rings. The highest BCUT2D eigenvalue weighted by molar-refractivity contribution is 5.95. The van der Waals surface area contributed by atoms with E-state index in [0.717, 1.165) is 25.2 Å². The topological polar surface area (TPSA) is 63.1 Å². The van der Waals surface area contributed by atoms with Gasteiger partial charge in [-0.1, -0.05) is 31.0 Å². The van der Waals surface area contributed by atoms with Crippen molar-refractivity contribution in [3.05, 3.63) is 42.5 Å². The highest BCUT2D eigenvalue weighted by Crippen LogP contribution is 2.50. The molecular weight excluding hydrogens is 314 g/mol. The predicted molar refractivity (Wildman–Crippen MR) is 96.6 cm³/mol. The number of amides is 2. The van der Waals surface area contributed by atoms with E-state index in [1.165, 1.54) is 37.6 Å². The SMILES string of the molecule is CC(CCn1cncn1)NC(=O)N1CC2(CCCC2)c2ccccc21. The predicted octanol–water partition coefficient (Wildman–Crippen LogP) is 3.10. The first-order valence-electron chi connectivity index (χ1n) is 9.18. The molecule has 1 aliphatic carbocycles. The Balaban J connectivity index is 1.43. The van der Waals surface area contributed by atoms with Crippen LogP contribution < -0.4 is 10.2 Å². The van der Waals surface area contributed by atoms with Crippen LogP contribution in [-0.2, 0) is 12.0 Å². The average molecular weight is 339 g/mol. The van der Waals surface area contributed by atoms with Crippen molar-refractivity contribution in [2.24, 2.45) is 0 Å². The molecule has 1 unspecified atom stereocenters. The Morgan fingerprint density at radius 1 is 1.32 bits per heavy atom. The highest BCUT2D eigenvalue weighted by atomic mass is 16.2. The van der Waals surface area contributed by atoms with Crippen molar-refractivity contribution in [1.82, 2.24) is 20.1 Å². The molecule has 1 atom stereocenters. The van der Waals surface area contributed by atoms with Crippen molar-refractivity contribution in [3.8, 4) is 0 Å². The second kappa shape index (κ2) is 6.50. The van der Waals surface area contributed by atoms with E-state index < -0.39 is 0 Å². The third-order valence-corrected chi connectivity index (χ3v) is 5.66. The minimum absolute atomic E-state index is 0.0160. The van der Waals surface area contributed by atoms with Gasteiger partial charge in [0.15, 0.2) is 0 Å². The molecule has 0 saturated heterocycles. The smallest absolute Gasteiger partial charge is 0.322 e. The Morgan fingerprint density at radius 2 is 2.12 bits per heavy atom. The number of anilines is 1. The summed E-state index contributed by atoms with van der Waals surface area (Å²) in [6.45, 7) is 3.61. The lowest BCUT2D eigenvalue weighted by Gasteiger charge is -2.25. The first kappa shape index (κ1) is 16.1. The lowest BCUT2D eigenvalue weighted by molar-refractivity contribution is 0.241. The molecule has 2 amide bonds. The monoisotopic (exact) mass is 339 g/mol. The summed E-state index contributed by atoms with van der Waals surface area (Å²) >= 11 is 0. The molecule has 6 heteroatoms. The van der Waals surface area contributed by atoms with E-state index in [-0.39, 0.29) is 17.5 Å². The van der Waals surface area contributed by atoms with E-state index in [1.807, 2.05) is 17.9 Å². The molecule has 2 aromatic rings. The molecule has 1 saturated carbocycles. The van der Waals surface area contributed by atoms with Gasteiger partial charge in [-0.15, -0.1) is 0 Å². The minimum Gasteiger partial charge on any atom is -0.335 e. The number of para-hydroxylation sites is 1. The number of aromatic nitrogens is 3. The lowest BCUT2D eigenvalue weighted by atomic mass is 9.81. The second-order valence-electron chi connectivity index (χ2n) is 7.39. The number of carbonyl (C=O) groups is 1. The zero-order chi connectivity index (χ0) is 17.3. The Hall–Kier alpha value is -2.37. The van der Waals surface area contributed by atoms with Gasteiger partial charge in [-0.25, -0.2) is 9.78 Å². The normalized spacial score (nSPS) is 19.2. The fourth-order valence-electron chi connectivity index (χ4n) is 4.33. The number of nitrogens with zero attached hydrogens (tertiary/aromatic N) is 4. The Kier molecular flexibility index (Phi) is 4.19. The number of nitrogens with one attached hydrogen (secondary N) is 1. The van der Waals surface area contributed by atoms with Gasteiger partial charge in [0.1, 0.15) is 12.7 Å². The van der Waals surface area contributed by atoms with E-state index >= 15 is 0 Å². The van der Waals surface area contributed by atoms with E-state index in [0.29, 0.717) is 0 Å². The Morgan fingerprint density at radius 3 is 2.88 bits per heavy atom. The van der Waals surface area contributed by atoms with E-state index in [9.17, 15) is 4.79 Å². The molecule has 25 heavy (non-hydrogen) atoms. The van der Waals surface area contributed by atoms with Gasteiger partial charge >= 0.3 is 6.03 Å². The summed E-state index contributed by atoms with van der Waals surface area (Å²) in [5.74, 6) is 0. The van der Waals surface area contributed by atoms with E-state index in [1.54, 1.807) is 11.0 Å². The van der Waals surface area contributed by atoms with Crippen molar-refractivity contribution < 1.29 is 4.79 Å². The van der Waals surface area contributed by atoms with Crippen LogP contribution in [-0.4, -0.2) is 33.4 Å². The fourth-order valence-corrected chi connectivity index (χ4v) is 4.33. The number of rotatable bonds is 4. The maximum Gasteiger partial charge on any atom is 0.322 e. The Labute approximate surface area is 148 Å². The van der Waals surface area contributed by atoms with Crippen LogP contribution in [0.5, 0.6) is 0 Å². The van der Waals surface area contributed by atoms with Crippen molar-refractivity contribution in [2.45, 2.75) is 57.0 Å². The van der Waals surface area contributed by atoms with Gasteiger partial charge in [-0.3, -0.25) is 9.58 Å². The maximum absolute atomic E-state index is 12.9. The Bertz CT molecular complexity index is 736. The minimum atomic E-state index is 0.0160. The molecule has 4 rings (SSSR count). The molecule has 6 nitrogen and oxygen atoms in total. The quantitative estimate of drug-likeness (QED) is 0.931. The van der Waals surface area contributed by atoms with Crippen LogP contribution in [0.2, 0.25) is 0 Å². The standard InChI is InChI=1S/C19H25N5O/c1-15(8-11-23-14-20-13-21-23)22-18(25)24-12-19(9-4-5-10-19)16-6-2-3-7-17(16)24/h2-3,6-7,13-15H,4-5,8-12H2,1H3,(H,22,25). The zero-order valence-electron chi connectivity index (χ0n) is 14.7. The summed E-state index contributed by atoms with van der Waals surface area (Å²) in [5.41, 5.74) is 2.63. The number of benzene rings is 1. The van der Waals surface area contributed by atoms with Crippen molar-refractivity contribution in [2.75, 3.05) is 11.4 Å². The zero-order valence-corrected chi connectivity index (χ0v) is 14.7. The van der Waals surface area contributed by atoms with Crippen LogP contribution >= 0.6 is 0 Å². The third kappa shape index (κ3) is 3.01. The molecule has 0 radical (unpaired) electrons. The first-order valence-corrected chi connectivity index (χ1v) is 9.18. The number of carbonyl (C=O) groups excluding carboxylic acids is 1. The van der Waals surface area contributed by atoms with Crippen LogP contribution in [0.1, 0.15) is 44.6 Å². The van der Waals surface area contributed by atoms with Gasteiger partial charge in [-0.05, 0) is 37.8 Å². The van der Waals surface area contributed by atoms with E-state index in [2.05, 4.69) is 33.6 Å². The molecule has 1 aromatic carbocycles. The number of aryl methyl sites for hydroxylation is 1. The molecule has 132 valence electrons. The van der Waals surface area contributed by atoms with Gasteiger partial charge in [-0.2, -0.15) is 5.10 Å². The molecule has 1 spiro atoms. The first-order chi connectivity index (χ1) is 12.2. The summed E-state index contributed by atoms with van der Waals surface area (Å²) in [6.07, 6.45) is 8.97. The van der Waals surface area contributed by atoms with Crippen LogP contribution in [0.4, 0.5) is 10.5 Å². The largest absolute Gasteiger partial charge is 0.335 e. The van der Waals surface area contributed by atoms with Crippen LogP contribution in [0, 0.1) is 0 Å². The summed E-state index contributed by atoms with van der Waals surface area (Å²) in [4.78, 5) is 18.8. The molecule has 1 N–H and O–H groups in total. The van der Waals surface area contributed by atoms with Gasteiger partial charge < -0.3 is 5.32 Å². The van der Waals surface area contributed by atoms with Crippen LogP contribution in [0.25, 0.3) is 0 Å². The van der Waals surface area contributed by atoms with Crippen LogP contribution in [0.15, 0.2) is 36.9 Å². The lowest BCUT2D eigenvalue weighted by Crippen LogP contribution is -2.45. The molecule has 1 aromatic heterocycles. The maximum atomic E-state index is 12.9. The molecule has 1 aliphatic heterocycles.